The highest BCUT2D eigenvalue weighted by Crippen LogP contribution is 2.35. The summed E-state index contributed by atoms with van der Waals surface area (Å²) in [6, 6.07) is 17.0. The summed E-state index contributed by atoms with van der Waals surface area (Å²) in [5.41, 5.74) is 4.91. The number of aryl methyl sites for hydroxylation is 1. The Morgan fingerprint density at radius 2 is 1.93 bits per heavy atom. The molecular weight excluding hydrogens is 554 g/mol. The number of anilines is 1. The fourth-order valence-electron chi connectivity index (χ4n) is 5.71. The molecule has 0 saturated carbocycles. The summed E-state index contributed by atoms with van der Waals surface area (Å²) >= 11 is 0. The van der Waals surface area contributed by atoms with E-state index < -0.39 is 12.1 Å². The van der Waals surface area contributed by atoms with Crippen molar-refractivity contribution in [1.29, 1.82) is 0 Å². The van der Waals surface area contributed by atoms with Crippen molar-refractivity contribution in [2.75, 3.05) is 32.1 Å². The van der Waals surface area contributed by atoms with Gasteiger partial charge < -0.3 is 29.4 Å². The van der Waals surface area contributed by atoms with E-state index in [1.54, 1.807) is 16.8 Å². The van der Waals surface area contributed by atoms with E-state index >= 15 is 0 Å². The number of benzene rings is 2. The number of hydrogen-bond donors (Lipinski definition) is 2. The van der Waals surface area contributed by atoms with Crippen LogP contribution in [0.5, 0.6) is 0 Å². The molecule has 5 rings (SSSR count). The third kappa shape index (κ3) is 6.76. The second-order valence-corrected chi connectivity index (χ2v) is 12.0. The maximum Gasteiger partial charge on any atom is 0.321 e. The summed E-state index contributed by atoms with van der Waals surface area (Å²) in [6.07, 6.45) is 5.94. The highest BCUT2D eigenvalue weighted by atomic mass is 16.5. The predicted molar refractivity (Wildman–Crippen MR) is 174 cm³/mol. The number of aliphatic hydroxyl groups is 1. The second kappa shape index (κ2) is 13.6. The van der Waals surface area contributed by atoms with Crippen LogP contribution in [-0.2, 0) is 16.0 Å². The van der Waals surface area contributed by atoms with Crippen molar-refractivity contribution >= 4 is 34.2 Å². The highest BCUT2D eigenvalue weighted by molar-refractivity contribution is 6.01. The quantitative estimate of drug-likeness (QED) is 0.313. The van der Waals surface area contributed by atoms with Crippen LogP contribution in [0.4, 0.5) is 10.5 Å². The van der Waals surface area contributed by atoms with Crippen LogP contribution in [-0.4, -0.2) is 65.7 Å². The minimum absolute atomic E-state index is 0.121. The molecule has 8 nitrogen and oxygen atoms in total. The molecule has 3 aromatic rings. The van der Waals surface area contributed by atoms with Gasteiger partial charge in [0.2, 0.25) is 0 Å². The molecule has 1 saturated heterocycles. The van der Waals surface area contributed by atoms with Crippen LogP contribution in [0.1, 0.15) is 51.9 Å². The number of furan rings is 1. The van der Waals surface area contributed by atoms with Gasteiger partial charge in [0.05, 0.1) is 24.8 Å². The fraction of sp³-hybridized carbons (Fsp3) is 0.389. The number of ether oxygens (including phenoxy) is 1. The SMILES string of the molecule is CCc1ccc(NC(=O)N(C)CC2OC3=C(C)CCC=C(c4cc5ccccc5o4)C=C3C(=O)N(C(C)CO)CC2C)cc1. The van der Waals surface area contributed by atoms with E-state index in [-0.39, 0.29) is 24.5 Å². The Morgan fingerprint density at radius 3 is 2.64 bits per heavy atom. The van der Waals surface area contributed by atoms with Gasteiger partial charge in [0.1, 0.15) is 23.2 Å². The number of rotatable bonds is 7. The number of carbonyl (C=O) groups excluding carboxylic acids is 2. The van der Waals surface area contributed by atoms with Gasteiger partial charge in [-0.2, -0.15) is 0 Å². The zero-order valence-electron chi connectivity index (χ0n) is 26.3. The van der Waals surface area contributed by atoms with Gasteiger partial charge in [0, 0.05) is 36.2 Å². The summed E-state index contributed by atoms with van der Waals surface area (Å²) in [4.78, 5) is 30.8. The lowest BCUT2D eigenvalue weighted by atomic mass is 9.93. The van der Waals surface area contributed by atoms with Crippen molar-refractivity contribution in [1.82, 2.24) is 9.80 Å². The van der Waals surface area contributed by atoms with Gasteiger partial charge in [-0.1, -0.05) is 50.3 Å². The third-order valence-electron chi connectivity index (χ3n) is 8.62. The minimum atomic E-state index is -0.402. The molecule has 2 N–H and O–H groups in total. The van der Waals surface area contributed by atoms with Crippen molar-refractivity contribution in [3.05, 3.63) is 95.0 Å². The molecule has 2 aromatic carbocycles. The van der Waals surface area contributed by atoms with Crippen molar-refractivity contribution in [3.63, 3.8) is 0 Å². The van der Waals surface area contributed by atoms with E-state index in [1.807, 2.05) is 81.4 Å². The molecule has 0 bridgehead atoms. The first-order valence-corrected chi connectivity index (χ1v) is 15.5. The molecule has 2 aliphatic rings. The van der Waals surface area contributed by atoms with Crippen LogP contribution >= 0.6 is 0 Å². The van der Waals surface area contributed by atoms with Crippen molar-refractivity contribution in [2.45, 2.75) is 59.1 Å². The number of nitrogens with zero attached hydrogens (tertiary/aromatic N) is 2. The molecule has 0 radical (unpaired) electrons. The maximum atomic E-state index is 14.2. The summed E-state index contributed by atoms with van der Waals surface area (Å²) in [6.45, 7) is 8.48. The topological polar surface area (TPSA) is 95.2 Å². The third-order valence-corrected chi connectivity index (χ3v) is 8.62. The number of para-hydroxylation sites is 1. The van der Waals surface area contributed by atoms with Gasteiger partial charge in [-0.25, -0.2) is 4.79 Å². The van der Waals surface area contributed by atoms with Gasteiger partial charge in [0.15, 0.2) is 0 Å². The van der Waals surface area contributed by atoms with Gasteiger partial charge in [0.25, 0.3) is 5.91 Å². The molecule has 3 amide bonds. The van der Waals surface area contributed by atoms with E-state index in [9.17, 15) is 14.7 Å². The Labute approximate surface area is 259 Å². The van der Waals surface area contributed by atoms with E-state index in [1.165, 1.54) is 5.56 Å². The number of likely N-dealkylation sites (N-methyl/N-ethyl adjacent to an activating group) is 1. The van der Waals surface area contributed by atoms with E-state index in [0.717, 1.165) is 40.6 Å². The number of allylic oxidation sites excluding steroid dienone is 4. The molecule has 3 unspecified atom stereocenters. The van der Waals surface area contributed by atoms with Crippen LogP contribution in [0.2, 0.25) is 0 Å². The Bertz CT molecular complexity index is 1570. The van der Waals surface area contributed by atoms with Crippen molar-refractivity contribution in [3.8, 4) is 0 Å². The average Bonchev–Trinajstić information content (AvgIpc) is 3.46. The van der Waals surface area contributed by atoms with E-state index in [4.69, 9.17) is 9.15 Å². The Balaban J connectivity index is 1.47. The summed E-state index contributed by atoms with van der Waals surface area (Å²) < 4.78 is 12.9. The number of aliphatic hydroxyl groups excluding tert-OH is 1. The zero-order chi connectivity index (χ0) is 31.4. The number of hydrogen-bond acceptors (Lipinski definition) is 5. The van der Waals surface area contributed by atoms with Crippen molar-refractivity contribution in [2.24, 2.45) is 5.92 Å². The van der Waals surface area contributed by atoms with Crippen LogP contribution in [0.25, 0.3) is 16.5 Å². The normalized spacial score (nSPS) is 20.0. The average molecular weight is 598 g/mol. The lowest BCUT2D eigenvalue weighted by Crippen LogP contribution is -2.50. The summed E-state index contributed by atoms with van der Waals surface area (Å²) in [5.74, 6) is 0.899. The monoisotopic (exact) mass is 597 g/mol. The van der Waals surface area contributed by atoms with Crippen molar-refractivity contribution < 1.29 is 23.8 Å². The molecule has 1 aliphatic carbocycles. The largest absolute Gasteiger partial charge is 0.487 e. The summed E-state index contributed by atoms with van der Waals surface area (Å²) in [5, 5.41) is 14.1. The number of carbonyl (C=O) groups is 2. The summed E-state index contributed by atoms with van der Waals surface area (Å²) in [7, 11) is 1.75. The first kappa shape index (κ1) is 31.1. The number of amides is 3. The number of urea groups is 1. The molecule has 8 heteroatoms. The molecule has 1 aliphatic heterocycles. The Kier molecular flexibility index (Phi) is 9.59. The smallest absolute Gasteiger partial charge is 0.321 e. The van der Waals surface area contributed by atoms with E-state index in [2.05, 4.69) is 18.3 Å². The number of nitrogens with one attached hydrogen (secondary N) is 1. The lowest BCUT2D eigenvalue weighted by molar-refractivity contribution is -0.133. The minimum Gasteiger partial charge on any atom is -0.487 e. The van der Waals surface area contributed by atoms with Gasteiger partial charge >= 0.3 is 6.03 Å². The molecule has 1 aromatic heterocycles. The number of fused-ring (bicyclic) bond motifs is 2. The molecule has 44 heavy (non-hydrogen) atoms. The van der Waals surface area contributed by atoms with Crippen LogP contribution in [0, 0.1) is 5.92 Å². The lowest BCUT2D eigenvalue weighted by Gasteiger charge is -2.39. The first-order chi connectivity index (χ1) is 21.2. The second-order valence-electron chi connectivity index (χ2n) is 12.0. The maximum absolute atomic E-state index is 14.2. The predicted octanol–water partition coefficient (Wildman–Crippen LogP) is 6.78. The molecular formula is C36H43N3O5. The first-order valence-electron chi connectivity index (χ1n) is 15.5. The molecule has 0 spiro atoms. The van der Waals surface area contributed by atoms with Gasteiger partial charge in [-0.05, 0) is 74.6 Å². The Morgan fingerprint density at radius 1 is 1.18 bits per heavy atom. The molecule has 3 atom stereocenters. The molecule has 232 valence electrons. The van der Waals surface area contributed by atoms with Crippen LogP contribution < -0.4 is 5.32 Å². The highest BCUT2D eigenvalue weighted by Gasteiger charge is 2.36. The molecule has 1 fully saturated rings. The zero-order valence-corrected chi connectivity index (χ0v) is 26.3. The van der Waals surface area contributed by atoms with Gasteiger partial charge in [-0.15, -0.1) is 0 Å². The standard InChI is InChI=1S/C36H43N3O5/c1-6-26-14-16-29(17-15-26)37-36(42)38(5)21-33-24(3)20-39(25(4)22-40)35(41)30-18-27(12-9-10-23(2)34(30)44-33)32-19-28-11-7-8-13-31(28)43-32/h7-8,11-19,24-25,33,40H,6,9-10,20-22H2,1-5H3,(H,37,42). The molecule has 2 heterocycles. The Hall–Kier alpha value is -4.30. The van der Waals surface area contributed by atoms with Crippen LogP contribution in [0.3, 0.4) is 0 Å². The van der Waals surface area contributed by atoms with E-state index in [0.29, 0.717) is 36.6 Å². The van der Waals surface area contributed by atoms with Gasteiger partial charge in [-0.3, -0.25) is 4.79 Å². The van der Waals surface area contributed by atoms with Crippen LogP contribution in [0.15, 0.2) is 88.1 Å². The fourth-order valence-corrected chi connectivity index (χ4v) is 5.71.